The lowest BCUT2D eigenvalue weighted by atomic mass is 9.99. The highest BCUT2D eigenvalue weighted by atomic mass is 16.8. The fourth-order valence-corrected chi connectivity index (χ4v) is 2.04. The molecule has 0 aromatic heterocycles. The minimum atomic E-state index is -1.59. The van der Waals surface area contributed by atoms with E-state index in [0.29, 0.717) is 0 Å². The van der Waals surface area contributed by atoms with Gasteiger partial charge in [0.25, 0.3) is 0 Å². The van der Waals surface area contributed by atoms with Crippen LogP contribution in [-0.4, -0.2) is 62.9 Å². The van der Waals surface area contributed by atoms with Crippen molar-refractivity contribution in [3.05, 3.63) is 29.5 Å². The summed E-state index contributed by atoms with van der Waals surface area (Å²) in [5, 5.41) is 57.0. The number of aliphatic hydroxyl groups is 4. The fourth-order valence-electron chi connectivity index (χ4n) is 2.04. The summed E-state index contributed by atoms with van der Waals surface area (Å²) in [5.41, 5.74) is -0.144. The summed E-state index contributed by atoms with van der Waals surface area (Å²) >= 11 is 0. The van der Waals surface area contributed by atoms with Crippen LogP contribution in [0.2, 0.25) is 0 Å². The summed E-state index contributed by atoms with van der Waals surface area (Å²) in [6, 6.07) is 5.71. The van der Waals surface area contributed by atoms with Gasteiger partial charge in [-0.2, -0.15) is 5.23 Å². The third-order valence-electron chi connectivity index (χ3n) is 3.21. The molecule has 0 radical (unpaired) electrons. The zero-order valence-corrected chi connectivity index (χ0v) is 10.9. The van der Waals surface area contributed by atoms with Crippen LogP contribution in [0.1, 0.15) is 0 Å². The molecule has 21 heavy (non-hydrogen) atoms. The smallest absolute Gasteiger partial charge is 0.229 e. The molecule has 0 saturated carbocycles. The molecule has 0 bridgehead atoms. The molecule has 1 unspecified atom stereocenters. The molecule has 9 nitrogen and oxygen atoms in total. The van der Waals surface area contributed by atoms with Crippen LogP contribution >= 0.6 is 0 Å². The monoisotopic (exact) mass is 303 g/mol. The predicted molar refractivity (Wildman–Crippen MR) is 66.6 cm³/mol. The lowest BCUT2D eigenvalue weighted by molar-refractivity contribution is -0.991. The number of para-hydroxylation sites is 2. The molecule has 1 saturated heterocycles. The second-order valence-corrected chi connectivity index (χ2v) is 4.62. The van der Waals surface area contributed by atoms with Gasteiger partial charge >= 0.3 is 0 Å². The summed E-state index contributed by atoms with van der Waals surface area (Å²) in [6.07, 6.45) is -7.21. The Morgan fingerprint density at radius 3 is 2.43 bits per heavy atom. The van der Waals surface area contributed by atoms with Crippen molar-refractivity contribution in [3.63, 3.8) is 0 Å². The Morgan fingerprint density at radius 2 is 1.81 bits per heavy atom. The molecule has 0 aliphatic carbocycles. The summed E-state index contributed by atoms with van der Waals surface area (Å²) in [5.74, 6) is -0.0608. The van der Waals surface area contributed by atoms with Crippen LogP contribution in [0, 0.1) is 5.21 Å². The van der Waals surface area contributed by atoms with Crippen molar-refractivity contribution in [3.8, 4) is 5.75 Å². The molecule has 1 heterocycles. The topological polar surface area (TPSA) is 147 Å². The van der Waals surface area contributed by atoms with E-state index >= 15 is 0 Å². The Morgan fingerprint density at radius 1 is 1.14 bits per heavy atom. The van der Waals surface area contributed by atoms with Crippen molar-refractivity contribution in [2.75, 3.05) is 6.61 Å². The summed E-state index contributed by atoms with van der Waals surface area (Å²) in [7, 11) is 0. The van der Waals surface area contributed by atoms with Crippen LogP contribution in [0.25, 0.3) is 0 Å². The minimum absolute atomic E-state index is 0.0608. The molecular formula is C12H17NO8. The van der Waals surface area contributed by atoms with E-state index in [1.807, 2.05) is 0 Å². The molecule has 6 N–H and O–H groups in total. The Hall–Kier alpha value is -1.30. The van der Waals surface area contributed by atoms with Gasteiger partial charge in [-0.05, 0) is 6.07 Å². The van der Waals surface area contributed by atoms with E-state index in [4.69, 9.17) is 19.8 Å². The quantitative estimate of drug-likeness (QED) is 0.329. The van der Waals surface area contributed by atoms with Gasteiger partial charge in [0.2, 0.25) is 12.0 Å². The van der Waals surface area contributed by atoms with Crippen LogP contribution in [0.3, 0.4) is 0 Å². The first-order valence-corrected chi connectivity index (χ1v) is 6.25. The largest absolute Gasteiger partial charge is 0.595 e. The zero-order chi connectivity index (χ0) is 15.6. The van der Waals surface area contributed by atoms with E-state index in [1.165, 1.54) is 24.3 Å². The van der Waals surface area contributed by atoms with Gasteiger partial charge < -0.3 is 35.1 Å². The second kappa shape index (κ2) is 6.64. The van der Waals surface area contributed by atoms with Crippen LogP contribution in [0.15, 0.2) is 24.3 Å². The van der Waals surface area contributed by atoms with E-state index in [9.17, 15) is 20.5 Å². The molecule has 0 spiro atoms. The molecule has 1 aliphatic rings. The molecule has 118 valence electrons. The Bertz CT molecular complexity index is 468. The summed E-state index contributed by atoms with van der Waals surface area (Å²) in [6.45, 7) is -0.592. The number of nitrogens with one attached hydrogen (secondary N) is 1. The Labute approximate surface area is 119 Å². The Balaban J connectivity index is 2.19. The predicted octanol–water partition coefficient (Wildman–Crippen LogP) is -2.73. The number of rotatable bonds is 4. The molecule has 1 aromatic rings. The minimum Gasteiger partial charge on any atom is -0.595 e. The van der Waals surface area contributed by atoms with Crippen LogP contribution in [0.4, 0.5) is 5.69 Å². The number of benzene rings is 1. The van der Waals surface area contributed by atoms with Gasteiger partial charge in [0.05, 0.1) is 6.61 Å². The van der Waals surface area contributed by atoms with Crippen molar-refractivity contribution in [1.29, 1.82) is 0 Å². The molecule has 1 aromatic carbocycles. The zero-order valence-electron chi connectivity index (χ0n) is 10.9. The van der Waals surface area contributed by atoms with Gasteiger partial charge in [-0.15, -0.1) is 0 Å². The first kappa shape index (κ1) is 16.1. The van der Waals surface area contributed by atoms with E-state index in [1.54, 1.807) is 0 Å². The second-order valence-electron chi connectivity index (χ2n) is 4.62. The number of hydrogen-bond acceptors (Lipinski definition) is 8. The van der Waals surface area contributed by atoms with Crippen molar-refractivity contribution < 1.29 is 40.3 Å². The highest BCUT2D eigenvalue weighted by Gasteiger charge is 2.45. The molecule has 0 amide bonds. The third-order valence-corrected chi connectivity index (χ3v) is 3.21. The van der Waals surface area contributed by atoms with E-state index in [0.717, 1.165) is 0 Å². The standard InChI is InChI=1S/C12H17NO8/c14-5-8-9(15)10(16)11(17)12(21-8)20-7-4-2-1-3-6(7)13(18)19/h1-4,8-18H,5H2/t8-,9+,10-,11-,12+/m1/s1. The van der Waals surface area contributed by atoms with E-state index < -0.39 is 42.5 Å². The molecule has 1 aliphatic heterocycles. The number of hydrogen-bond donors (Lipinski definition) is 6. The fraction of sp³-hybridized carbons (Fsp3) is 0.500. The third kappa shape index (κ3) is 3.31. The van der Waals surface area contributed by atoms with Crippen LogP contribution < -0.4 is 9.96 Å². The van der Waals surface area contributed by atoms with Gasteiger partial charge in [-0.25, -0.2) is 5.21 Å². The number of ether oxygens (including phenoxy) is 2. The molecule has 9 heteroatoms. The highest BCUT2D eigenvalue weighted by Crippen LogP contribution is 2.27. The lowest BCUT2D eigenvalue weighted by Gasteiger charge is -2.39. The average Bonchev–Trinajstić information content (AvgIpc) is 2.48. The van der Waals surface area contributed by atoms with Gasteiger partial charge in [0.15, 0.2) is 5.75 Å². The van der Waals surface area contributed by atoms with Gasteiger partial charge in [0.1, 0.15) is 24.4 Å². The van der Waals surface area contributed by atoms with Crippen molar-refractivity contribution in [1.82, 2.24) is 0 Å². The first-order chi connectivity index (χ1) is 9.95. The van der Waals surface area contributed by atoms with E-state index in [2.05, 4.69) is 0 Å². The van der Waals surface area contributed by atoms with Gasteiger partial charge in [0, 0.05) is 6.07 Å². The maximum atomic E-state index is 11.1. The summed E-state index contributed by atoms with van der Waals surface area (Å²) < 4.78 is 10.4. The lowest BCUT2D eigenvalue weighted by Crippen LogP contribution is -2.99. The highest BCUT2D eigenvalue weighted by molar-refractivity contribution is 5.45. The van der Waals surface area contributed by atoms with E-state index in [-0.39, 0.29) is 11.4 Å². The van der Waals surface area contributed by atoms with Crippen molar-refractivity contribution >= 4 is 5.69 Å². The average molecular weight is 303 g/mol. The Kier molecular flexibility index (Phi) is 5.08. The van der Waals surface area contributed by atoms with Crippen molar-refractivity contribution in [2.24, 2.45) is 0 Å². The number of aliphatic hydroxyl groups excluding tert-OH is 4. The summed E-state index contributed by atoms with van der Waals surface area (Å²) in [4.78, 5) is 0. The maximum absolute atomic E-state index is 11.1. The van der Waals surface area contributed by atoms with Gasteiger partial charge in [-0.3, -0.25) is 0 Å². The van der Waals surface area contributed by atoms with Crippen LogP contribution in [0.5, 0.6) is 5.75 Å². The first-order valence-electron chi connectivity index (χ1n) is 6.25. The molecule has 1 fully saturated rings. The number of quaternary nitrogens is 1. The maximum Gasteiger partial charge on any atom is 0.229 e. The molecule has 2 rings (SSSR count). The SMILES string of the molecule is [O-][NH+](O)c1ccccc1O[C@H]1O[C@H](CO)[C@H](O)[C@@H](O)[C@H]1O. The molecule has 6 atom stereocenters. The molecular weight excluding hydrogens is 286 g/mol. The normalized spacial score (nSPS) is 34.5. The van der Waals surface area contributed by atoms with Crippen molar-refractivity contribution in [2.45, 2.75) is 30.7 Å². The van der Waals surface area contributed by atoms with Crippen LogP contribution in [-0.2, 0) is 4.74 Å². The van der Waals surface area contributed by atoms with Gasteiger partial charge in [-0.1, -0.05) is 12.1 Å².